The minimum Gasteiger partial charge on any atom is -0.364 e. The molecule has 5 heteroatoms. The zero-order valence-corrected chi connectivity index (χ0v) is 10.5. The van der Waals surface area contributed by atoms with E-state index in [0.717, 1.165) is 11.5 Å². The Bertz CT molecular complexity index is 477. The first-order valence-corrected chi connectivity index (χ1v) is 6.08. The van der Waals surface area contributed by atoms with Crippen LogP contribution in [0.1, 0.15) is 6.92 Å². The molecule has 0 fully saturated rings. The van der Waals surface area contributed by atoms with Gasteiger partial charge < -0.3 is 5.32 Å². The summed E-state index contributed by atoms with van der Waals surface area (Å²) in [7, 11) is 0. The van der Waals surface area contributed by atoms with Crippen LogP contribution in [0, 0.1) is 0 Å². The van der Waals surface area contributed by atoms with Crippen molar-refractivity contribution in [3.63, 3.8) is 0 Å². The maximum atomic E-state index is 5.91. The molecule has 0 radical (unpaired) electrons. The molecule has 86 valence electrons. The predicted molar refractivity (Wildman–Crippen MR) is 68.7 cm³/mol. The Labute approximate surface area is 104 Å². The largest absolute Gasteiger partial charge is 0.364 e. The number of halogens is 2. The molecule has 2 aromatic heterocycles. The molecule has 16 heavy (non-hydrogen) atoms. The van der Waals surface area contributed by atoms with E-state index >= 15 is 0 Å². The van der Waals surface area contributed by atoms with Crippen LogP contribution in [0.2, 0.25) is 0 Å². The summed E-state index contributed by atoms with van der Waals surface area (Å²) in [5.41, 5.74) is 0.582. The van der Waals surface area contributed by atoms with E-state index in [4.69, 9.17) is 23.2 Å². The smallest absolute Gasteiger partial charge is 0.138 e. The second-order valence-corrected chi connectivity index (χ2v) is 4.55. The van der Waals surface area contributed by atoms with E-state index in [-0.39, 0.29) is 5.54 Å². The molecule has 0 aliphatic carbocycles. The molecule has 0 saturated heterocycles. The number of aromatic nitrogens is 2. The Morgan fingerprint density at radius 2 is 2.12 bits per heavy atom. The van der Waals surface area contributed by atoms with Crippen LogP contribution in [0.15, 0.2) is 30.6 Å². The Morgan fingerprint density at radius 3 is 2.81 bits per heavy atom. The zero-order valence-electron chi connectivity index (χ0n) is 8.95. The molecule has 2 rings (SSSR count). The molecule has 0 unspecified atom stereocenters. The summed E-state index contributed by atoms with van der Waals surface area (Å²) < 4.78 is 1.97. The molecule has 0 aliphatic heterocycles. The highest BCUT2D eigenvalue weighted by Crippen LogP contribution is 2.19. The van der Waals surface area contributed by atoms with Crippen LogP contribution in [0.5, 0.6) is 0 Å². The third-order valence-electron chi connectivity index (χ3n) is 2.45. The van der Waals surface area contributed by atoms with Gasteiger partial charge in [-0.15, -0.1) is 23.2 Å². The maximum absolute atomic E-state index is 5.91. The first-order chi connectivity index (χ1) is 7.68. The van der Waals surface area contributed by atoms with Gasteiger partial charge in [0.2, 0.25) is 0 Å². The van der Waals surface area contributed by atoms with Gasteiger partial charge in [-0.3, -0.25) is 4.40 Å². The number of hydrogen-bond donors (Lipinski definition) is 1. The van der Waals surface area contributed by atoms with E-state index in [1.54, 1.807) is 6.20 Å². The fraction of sp³-hybridized carbons (Fsp3) is 0.364. The number of nitrogens with zero attached hydrogens (tertiary/aromatic N) is 2. The summed E-state index contributed by atoms with van der Waals surface area (Å²) in [6.45, 7) is 1.99. The van der Waals surface area contributed by atoms with Crippen molar-refractivity contribution in [1.82, 2.24) is 9.38 Å². The summed E-state index contributed by atoms with van der Waals surface area (Å²) in [5.74, 6) is 1.84. The zero-order chi connectivity index (χ0) is 11.6. The van der Waals surface area contributed by atoms with Crippen molar-refractivity contribution in [2.75, 3.05) is 17.1 Å². The van der Waals surface area contributed by atoms with E-state index in [1.807, 2.05) is 35.7 Å². The van der Waals surface area contributed by atoms with Crippen molar-refractivity contribution < 1.29 is 0 Å². The Kier molecular flexibility index (Phi) is 3.26. The molecule has 0 atom stereocenters. The highest BCUT2D eigenvalue weighted by Gasteiger charge is 2.22. The Morgan fingerprint density at radius 1 is 1.38 bits per heavy atom. The molecule has 1 N–H and O–H groups in total. The third kappa shape index (κ3) is 2.11. The normalized spacial score (nSPS) is 11.9. The molecule has 0 aliphatic rings. The molecule has 2 heterocycles. The second kappa shape index (κ2) is 4.52. The summed E-state index contributed by atoms with van der Waals surface area (Å²) in [6, 6.07) is 5.88. The summed E-state index contributed by atoms with van der Waals surface area (Å²) >= 11 is 11.8. The SMILES string of the molecule is CC(CCl)(CCl)Nc1cccc2nccn12. The summed E-state index contributed by atoms with van der Waals surface area (Å²) in [5, 5.41) is 3.34. The highest BCUT2D eigenvalue weighted by atomic mass is 35.5. The van der Waals surface area contributed by atoms with E-state index in [1.165, 1.54) is 0 Å². The van der Waals surface area contributed by atoms with Gasteiger partial charge in [0.05, 0.1) is 5.54 Å². The standard InChI is InChI=1S/C11H13Cl2N3/c1-11(7-12,8-13)15-10-4-2-3-9-14-5-6-16(9)10/h2-6,15H,7-8H2,1H3. The number of rotatable bonds is 4. The van der Waals surface area contributed by atoms with Crippen LogP contribution in [-0.4, -0.2) is 26.7 Å². The molecule has 0 aromatic carbocycles. The van der Waals surface area contributed by atoms with Gasteiger partial charge in [0.25, 0.3) is 0 Å². The van der Waals surface area contributed by atoms with Crippen LogP contribution in [-0.2, 0) is 0 Å². The average molecular weight is 258 g/mol. The fourth-order valence-electron chi connectivity index (χ4n) is 1.46. The van der Waals surface area contributed by atoms with Crippen LogP contribution in [0.4, 0.5) is 5.82 Å². The number of imidazole rings is 1. The van der Waals surface area contributed by atoms with Crippen molar-refractivity contribution in [1.29, 1.82) is 0 Å². The first-order valence-electron chi connectivity index (χ1n) is 5.01. The topological polar surface area (TPSA) is 29.3 Å². The molecule has 0 saturated carbocycles. The van der Waals surface area contributed by atoms with E-state index in [0.29, 0.717) is 11.8 Å². The number of anilines is 1. The lowest BCUT2D eigenvalue weighted by atomic mass is 10.1. The first kappa shape index (κ1) is 11.6. The van der Waals surface area contributed by atoms with Crippen molar-refractivity contribution in [2.24, 2.45) is 0 Å². The maximum Gasteiger partial charge on any atom is 0.138 e. The van der Waals surface area contributed by atoms with Gasteiger partial charge in [-0.25, -0.2) is 4.98 Å². The second-order valence-electron chi connectivity index (χ2n) is 4.02. The molecule has 0 amide bonds. The third-order valence-corrected chi connectivity index (χ3v) is 3.63. The minimum atomic E-state index is -0.318. The monoisotopic (exact) mass is 257 g/mol. The van der Waals surface area contributed by atoms with Gasteiger partial charge in [-0.05, 0) is 19.1 Å². The molecular formula is C11H13Cl2N3. The number of alkyl halides is 2. The van der Waals surface area contributed by atoms with Crippen molar-refractivity contribution in [2.45, 2.75) is 12.5 Å². The van der Waals surface area contributed by atoms with Gasteiger partial charge in [-0.1, -0.05) is 6.07 Å². The molecule has 0 bridgehead atoms. The number of pyridine rings is 1. The molecule has 3 nitrogen and oxygen atoms in total. The molecule has 2 aromatic rings. The minimum absolute atomic E-state index is 0.318. The molecular weight excluding hydrogens is 245 g/mol. The quantitative estimate of drug-likeness (QED) is 0.854. The number of hydrogen-bond acceptors (Lipinski definition) is 2. The lowest BCUT2D eigenvalue weighted by Gasteiger charge is -2.27. The van der Waals surface area contributed by atoms with Gasteiger partial charge in [0, 0.05) is 24.2 Å². The molecule has 0 spiro atoms. The highest BCUT2D eigenvalue weighted by molar-refractivity contribution is 6.22. The van der Waals surface area contributed by atoms with Crippen molar-refractivity contribution in [3.05, 3.63) is 30.6 Å². The number of fused-ring (bicyclic) bond motifs is 1. The van der Waals surface area contributed by atoms with Crippen molar-refractivity contribution >= 4 is 34.7 Å². The summed E-state index contributed by atoms with van der Waals surface area (Å²) in [4.78, 5) is 4.22. The van der Waals surface area contributed by atoms with E-state index < -0.39 is 0 Å². The van der Waals surface area contributed by atoms with Gasteiger partial charge in [0.15, 0.2) is 0 Å². The lowest BCUT2D eigenvalue weighted by Crippen LogP contribution is -2.39. The van der Waals surface area contributed by atoms with E-state index in [9.17, 15) is 0 Å². The van der Waals surface area contributed by atoms with Crippen LogP contribution >= 0.6 is 23.2 Å². The van der Waals surface area contributed by atoms with Gasteiger partial charge >= 0.3 is 0 Å². The fourth-order valence-corrected chi connectivity index (χ4v) is 1.88. The lowest BCUT2D eigenvalue weighted by molar-refractivity contribution is 0.643. The van der Waals surface area contributed by atoms with Gasteiger partial charge in [-0.2, -0.15) is 0 Å². The van der Waals surface area contributed by atoms with Crippen LogP contribution in [0.3, 0.4) is 0 Å². The van der Waals surface area contributed by atoms with Crippen LogP contribution in [0.25, 0.3) is 5.65 Å². The Hall–Kier alpha value is -0.930. The Balaban J connectivity index is 2.37. The van der Waals surface area contributed by atoms with Gasteiger partial charge in [0.1, 0.15) is 11.5 Å². The van der Waals surface area contributed by atoms with Crippen LogP contribution < -0.4 is 5.32 Å². The van der Waals surface area contributed by atoms with E-state index in [2.05, 4.69) is 10.3 Å². The number of nitrogens with one attached hydrogen (secondary N) is 1. The predicted octanol–water partition coefficient (Wildman–Crippen LogP) is 2.98. The average Bonchev–Trinajstić information content (AvgIpc) is 2.78. The summed E-state index contributed by atoms with van der Waals surface area (Å²) in [6.07, 6.45) is 3.67. The van der Waals surface area contributed by atoms with Crippen molar-refractivity contribution in [3.8, 4) is 0 Å².